The lowest BCUT2D eigenvalue weighted by Crippen LogP contribution is -2.59. The molecule has 0 spiro atoms. The molecular weight excluding hydrogens is 465 g/mol. The number of hydrogen-bond acceptors (Lipinski definition) is 3. The maximum atomic E-state index is 12.7. The largest absolute Gasteiger partial charge is 0.338 e. The fraction of sp³-hybridized carbons (Fsp3) is 0.357. The number of fused-ring (bicyclic) bond motifs is 2. The van der Waals surface area contributed by atoms with E-state index in [1.54, 1.807) is 21.9 Å². The molecule has 3 rings (SSSR count). The van der Waals surface area contributed by atoms with Crippen LogP contribution in [0.1, 0.15) is 10.4 Å². The number of nitrogens with zero attached hydrogens (tertiary/aromatic N) is 2. The minimum Gasteiger partial charge on any atom is -0.338 e. The van der Waals surface area contributed by atoms with Gasteiger partial charge in [0.05, 0.1) is 23.1 Å². The van der Waals surface area contributed by atoms with Gasteiger partial charge in [-0.05, 0) is 40.8 Å². The second-order valence-electron chi connectivity index (χ2n) is 5.17. The third kappa shape index (κ3) is 2.73. The summed E-state index contributed by atoms with van der Waals surface area (Å²) in [5.74, 6) is -0.487. The molecule has 0 radical (unpaired) electrons. The summed E-state index contributed by atoms with van der Waals surface area (Å²) in [4.78, 5) is 40.2. The summed E-state index contributed by atoms with van der Waals surface area (Å²) in [5, 5.41) is 3.02. The molecule has 3 amide bonds. The Morgan fingerprint density at radius 3 is 2.86 bits per heavy atom. The summed E-state index contributed by atoms with van der Waals surface area (Å²) < 4.78 is 0.936. The first-order chi connectivity index (χ1) is 10.5. The average molecular weight is 478 g/mol. The van der Waals surface area contributed by atoms with Crippen molar-refractivity contribution in [3.8, 4) is 0 Å². The third-order valence-corrected chi connectivity index (χ3v) is 5.03. The van der Waals surface area contributed by atoms with Crippen LogP contribution in [0.25, 0.3) is 0 Å². The summed E-state index contributed by atoms with van der Waals surface area (Å²) in [7, 11) is 0. The number of carbonyl (C=O) groups excluding carboxylic acids is 3. The van der Waals surface area contributed by atoms with Crippen LogP contribution in [-0.4, -0.2) is 58.5 Å². The van der Waals surface area contributed by atoms with Crippen LogP contribution in [0, 0.1) is 3.57 Å². The van der Waals surface area contributed by atoms with Crippen molar-refractivity contribution >= 4 is 61.9 Å². The number of amides is 3. The molecule has 1 atom stereocenters. The third-order valence-electron chi connectivity index (χ3n) is 3.88. The number of carbonyl (C=O) groups is 3. The molecule has 1 N–H and O–H groups in total. The van der Waals surface area contributed by atoms with Crippen molar-refractivity contribution in [2.75, 3.05) is 30.3 Å². The first-order valence-electron chi connectivity index (χ1n) is 6.76. The predicted molar refractivity (Wildman–Crippen MR) is 93.0 cm³/mol. The van der Waals surface area contributed by atoms with Gasteiger partial charge in [0, 0.05) is 16.7 Å². The molecule has 1 aromatic rings. The van der Waals surface area contributed by atoms with E-state index in [-0.39, 0.29) is 29.6 Å². The van der Waals surface area contributed by atoms with Gasteiger partial charge in [0.2, 0.25) is 11.8 Å². The highest BCUT2D eigenvalue weighted by Crippen LogP contribution is 2.27. The number of nitrogens with one attached hydrogen (secondary N) is 1. The molecule has 2 heterocycles. The van der Waals surface area contributed by atoms with Crippen molar-refractivity contribution in [1.29, 1.82) is 0 Å². The number of halogens is 2. The van der Waals surface area contributed by atoms with Crippen LogP contribution in [0.15, 0.2) is 18.2 Å². The van der Waals surface area contributed by atoms with Crippen LogP contribution in [0.4, 0.5) is 5.69 Å². The lowest BCUT2D eigenvalue weighted by molar-refractivity contribution is -0.133. The van der Waals surface area contributed by atoms with E-state index in [1.165, 1.54) is 0 Å². The summed E-state index contributed by atoms with van der Waals surface area (Å²) in [6.45, 7) is 1.03. The van der Waals surface area contributed by atoms with Gasteiger partial charge in [0.1, 0.15) is 6.04 Å². The summed E-state index contributed by atoms with van der Waals surface area (Å²) >= 11 is 5.28. The summed E-state index contributed by atoms with van der Waals surface area (Å²) in [5.41, 5.74) is 1.03. The zero-order chi connectivity index (χ0) is 15.9. The molecule has 0 saturated carbocycles. The zero-order valence-corrected chi connectivity index (χ0v) is 15.3. The predicted octanol–water partition coefficient (Wildman–Crippen LogP) is 1.29. The van der Waals surface area contributed by atoms with E-state index in [1.807, 2.05) is 6.07 Å². The van der Waals surface area contributed by atoms with Crippen molar-refractivity contribution in [2.45, 2.75) is 6.04 Å². The monoisotopic (exact) mass is 477 g/mol. The van der Waals surface area contributed by atoms with Crippen LogP contribution < -0.4 is 5.32 Å². The van der Waals surface area contributed by atoms with Gasteiger partial charge in [-0.15, -0.1) is 0 Å². The van der Waals surface area contributed by atoms with Gasteiger partial charge in [-0.25, -0.2) is 0 Å². The second-order valence-corrected chi connectivity index (χ2v) is 6.97. The lowest BCUT2D eigenvalue weighted by atomic mass is 10.1. The maximum absolute atomic E-state index is 12.7. The zero-order valence-electron chi connectivity index (χ0n) is 11.5. The molecule has 8 heteroatoms. The van der Waals surface area contributed by atoms with Gasteiger partial charge in [-0.1, -0.05) is 15.9 Å². The molecule has 1 saturated heterocycles. The van der Waals surface area contributed by atoms with Crippen molar-refractivity contribution in [1.82, 2.24) is 9.80 Å². The Kier molecular flexibility index (Phi) is 4.40. The van der Waals surface area contributed by atoms with Crippen LogP contribution in [0.3, 0.4) is 0 Å². The van der Waals surface area contributed by atoms with E-state index in [9.17, 15) is 14.4 Å². The molecule has 6 nitrogen and oxygen atoms in total. The number of benzene rings is 1. The average Bonchev–Trinajstić information content (AvgIpc) is 2.63. The van der Waals surface area contributed by atoms with Crippen LogP contribution in [-0.2, 0) is 9.59 Å². The number of anilines is 1. The highest BCUT2D eigenvalue weighted by atomic mass is 127. The van der Waals surface area contributed by atoms with E-state index in [2.05, 4.69) is 43.8 Å². The molecule has 1 aromatic carbocycles. The Morgan fingerprint density at radius 2 is 2.14 bits per heavy atom. The van der Waals surface area contributed by atoms with Crippen molar-refractivity contribution in [2.24, 2.45) is 0 Å². The second kappa shape index (κ2) is 6.15. The van der Waals surface area contributed by atoms with E-state index < -0.39 is 6.04 Å². The Labute approximate surface area is 149 Å². The van der Waals surface area contributed by atoms with Crippen LogP contribution in [0.5, 0.6) is 0 Å². The fourth-order valence-corrected chi connectivity index (χ4v) is 3.58. The van der Waals surface area contributed by atoms with E-state index in [4.69, 9.17) is 0 Å². The normalized spacial score (nSPS) is 20.9. The van der Waals surface area contributed by atoms with Gasteiger partial charge >= 0.3 is 0 Å². The molecule has 1 fully saturated rings. The number of alkyl halides is 1. The minimum atomic E-state index is -0.644. The van der Waals surface area contributed by atoms with Gasteiger partial charge in [-0.2, -0.15) is 0 Å². The first kappa shape index (κ1) is 15.7. The topological polar surface area (TPSA) is 69.7 Å². The molecule has 2 aliphatic heterocycles. The molecule has 0 bridgehead atoms. The van der Waals surface area contributed by atoms with Crippen molar-refractivity contribution in [3.63, 3.8) is 0 Å². The molecular formula is C14H13BrIN3O3. The molecule has 2 aliphatic rings. The van der Waals surface area contributed by atoms with E-state index in [0.717, 1.165) is 3.57 Å². The van der Waals surface area contributed by atoms with Gasteiger partial charge < -0.3 is 15.1 Å². The summed E-state index contributed by atoms with van der Waals surface area (Å²) in [6, 6.07) is 4.72. The Balaban J connectivity index is 1.94. The number of piperazine rings is 1. The Morgan fingerprint density at radius 1 is 1.36 bits per heavy atom. The number of hydrogen-bond donors (Lipinski definition) is 1. The molecule has 22 heavy (non-hydrogen) atoms. The smallest absolute Gasteiger partial charge is 0.256 e. The van der Waals surface area contributed by atoms with E-state index >= 15 is 0 Å². The Bertz CT molecular complexity index is 667. The summed E-state index contributed by atoms with van der Waals surface area (Å²) in [6.07, 6.45) is 0. The highest BCUT2D eigenvalue weighted by Gasteiger charge is 2.40. The van der Waals surface area contributed by atoms with Crippen molar-refractivity contribution in [3.05, 3.63) is 27.3 Å². The minimum absolute atomic E-state index is 0.0730. The molecule has 0 aromatic heterocycles. The molecule has 116 valence electrons. The fourth-order valence-electron chi connectivity index (χ4n) is 2.73. The highest BCUT2D eigenvalue weighted by molar-refractivity contribution is 14.1. The quantitative estimate of drug-likeness (QED) is 0.489. The number of rotatable bonds is 1. The van der Waals surface area contributed by atoms with Gasteiger partial charge in [-0.3, -0.25) is 14.4 Å². The van der Waals surface area contributed by atoms with Crippen LogP contribution in [0.2, 0.25) is 0 Å². The standard InChI is InChI=1S/C14H13BrIN3O3/c15-6-12(20)18-3-4-19-11(7-18)13(21)17-10-2-1-8(16)5-9(10)14(19)22/h1-2,5,11H,3-4,6-7H2,(H,17,21). The lowest BCUT2D eigenvalue weighted by Gasteiger charge is -2.39. The Hall–Kier alpha value is -1.16. The maximum Gasteiger partial charge on any atom is 0.256 e. The van der Waals surface area contributed by atoms with Gasteiger partial charge in [0.25, 0.3) is 5.91 Å². The SMILES string of the molecule is O=C1Nc2ccc(I)cc2C(=O)N2CCN(C(=O)CBr)CC12. The van der Waals surface area contributed by atoms with Gasteiger partial charge in [0.15, 0.2) is 0 Å². The van der Waals surface area contributed by atoms with E-state index in [0.29, 0.717) is 24.3 Å². The van der Waals surface area contributed by atoms with Crippen LogP contribution >= 0.6 is 38.5 Å². The molecule has 1 unspecified atom stereocenters. The first-order valence-corrected chi connectivity index (χ1v) is 8.96. The van der Waals surface area contributed by atoms with Crippen molar-refractivity contribution < 1.29 is 14.4 Å². The molecule has 0 aliphatic carbocycles.